The summed E-state index contributed by atoms with van der Waals surface area (Å²) in [5, 5.41) is 4.91. The highest BCUT2D eigenvalue weighted by Gasteiger charge is 2.07. The van der Waals surface area contributed by atoms with Gasteiger partial charge in [0.15, 0.2) is 0 Å². The molecule has 0 aliphatic rings. The van der Waals surface area contributed by atoms with Crippen molar-refractivity contribution in [2.75, 3.05) is 11.9 Å². The number of thioether (sulfide) groups is 1. The molecule has 1 amide bonds. The van der Waals surface area contributed by atoms with Crippen LogP contribution in [0.4, 0.5) is 5.69 Å². The molecule has 0 saturated heterocycles. The maximum Gasteiger partial charge on any atom is 0.330 e. The van der Waals surface area contributed by atoms with Gasteiger partial charge in [-0.1, -0.05) is 12.1 Å². The number of hydrogen-bond donors (Lipinski definition) is 1. The minimum absolute atomic E-state index is 0.170. The van der Waals surface area contributed by atoms with Gasteiger partial charge in [-0.3, -0.25) is 4.79 Å². The summed E-state index contributed by atoms with van der Waals surface area (Å²) >= 11 is 3.27. The number of amides is 1. The van der Waals surface area contributed by atoms with Crippen LogP contribution in [0, 0.1) is 0 Å². The number of carbonyl (C=O) groups excluding carboxylic acids is 2. The molecule has 148 valence electrons. The molecule has 1 N–H and O–H groups in total. The molecule has 0 atom stereocenters. The molecule has 0 bridgehead atoms. The van der Waals surface area contributed by atoms with Gasteiger partial charge in [0.2, 0.25) is 0 Å². The molecule has 0 spiro atoms. The predicted molar refractivity (Wildman–Crippen MR) is 118 cm³/mol. The van der Waals surface area contributed by atoms with Gasteiger partial charge in [0.05, 0.1) is 17.8 Å². The maximum absolute atomic E-state index is 12.4. The van der Waals surface area contributed by atoms with Crippen molar-refractivity contribution in [3.05, 3.63) is 82.3 Å². The highest BCUT2D eigenvalue weighted by molar-refractivity contribution is 7.98. The van der Waals surface area contributed by atoms with Crippen LogP contribution >= 0.6 is 23.1 Å². The van der Waals surface area contributed by atoms with Gasteiger partial charge in [0.1, 0.15) is 0 Å². The topological polar surface area (TPSA) is 68.3 Å². The number of aromatic nitrogens is 1. The lowest BCUT2D eigenvalue weighted by Crippen LogP contribution is -2.11. The highest BCUT2D eigenvalue weighted by Crippen LogP contribution is 2.23. The van der Waals surface area contributed by atoms with Crippen molar-refractivity contribution < 1.29 is 14.3 Å². The van der Waals surface area contributed by atoms with Gasteiger partial charge in [-0.25, -0.2) is 9.78 Å². The molecule has 7 heteroatoms. The molecular weight excluding hydrogens is 404 g/mol. The molecule has 0 saturated carbocycles. The molecule has 29 heavy (non-hydrogen) atoms. The number of nitrogens with zero attached hydrogens (tertiary/aromatic N) is 1. The molecule has 0 unspecified atom stereocenters. The molecule has 5 nitrogen and oxygen atoms in total. The second kappa shape index (κ2) is 10.6. The Balaban J connectivity index is 1.53. The van der Waals surface area contributed by atoms with Crippen molar-refractivity contribution in [2.24, 2.45) is 0 Å². The van der Waals surface area contributed by atoms with E-state index >= 15 is 0 Å². The maximum atomic E-state index is 12.4. The number of carbonyl (C=O) groups is 2. The van der Waals surface area contributed by atoms with E-state index in [0.29, 0.717) is 17.9 Å². The van der Waals surface area contributed by atoms with Crippen LogP contribution in [0.15, 0.2) is 70.4 Å². The second-order valence-corrected chi connectivity index (χ2v) is 7.72. The zero-order chi connectivity index (χ0) is 20.5. The molecule has 0 fully saturated rings. The summed E-state index contributed by atoms with van der Waals surface area (Å²) < 4.78 is 4.84. The van der Waals surface area contributed by atoms with Gasteiger partial charge in [-0.15, -0.1) is 23.1 Å². The molecule has 1 heterocycles. The van der Waals surface area contributed by atoms with Crippen LogP contribution in [-0.2, 0) is 15.3 Å². The number of rotatable bonds is 8. The summed E-state index contributed by atoms with van der Waals surface area (Å²) in [6.07, 6.45) is 3.05. The Morgan fingerprint density at radius 1 is 1.14 bits per heavy atom. The van der Waals surface area contributed by atoms with Crippen LogP contribution in [-0.4, -0.2) is 23.5 Å². The first kappa shape index (κ1) is 20.8. The average Bonchev–Trinajstić information content (AvgIpc) is 3.26. The Kier molecular flexibility index (Phi) is 7.61. The van der Waals surface area contributed by atoms with Gasteiger partial charge < -0.3 is 10.1 Å². The average molecular weight is 425 g/mol. The van der Waals surface area contributed by atoms with Crippen molar-refractivity contribution in [1.82, 2.24) is 4.98 Å². The Labute approximate surface area is 177 Å². The standard InChI is InChI=1S/C22H20N2O3S2/c1-2-27-21(25)12-5-16-3-8-18(9-4-16)24-22(26)17-6-10-20(11-7-17)29-14-19-13-28-15-23-19/h3-13,15H,2,14H2,1H3,(H,24,26)/b12-5+. The van der Waals surface area contributed by atoms with E-state index in [1.165, 1.54) is 6.08 Å². The number of benzene rings is 2. The predicted octanol–water partition coefficient (Wildman–Crippen LogP) is 5.26. The van der Waals surface area contributed by atoms with Gasteiger partial charge >= 0.3 is 5.97 Å². The number of ether oxygens (including phenoxy) is 1. The van der Waals surface area contributed by atoms with Crippen molar-refractivity contribution in [1.29, 1.82) is 0 Å². The van der Waals surface area contributed by atoms with Gasteiger partial charge in [0.25, 0.3) is 5.91 Å². The fourth-order valence-electron chi connectivity index (χ4n) is 2.40. The van der Waals surface area contributed by atoms with E-state index in [1.807, 2.05) is 47.3 Å². The minimum atomic E-state index is -0.377. The number of esters is 1. The minimum Gasteiger partial charge on any atom is -0.463 e. The smallest absolute Gasteiger partial charge is 0.330 e. The fourth-order valence-corrected chi connectivity index (χ4v) is 3.87. The van der Waals surface area contributed by atoms with E-state index in [2.05, 4.69) is 10.3 Å². The Morgan fingerprint density at radius 2 is 1.90 bits per heavy atom. The lowest BCUT2D eigenvalue weighted by Gasteiger charge is -2.07. The third-order valence-corrected chi connectivity index (χ3v) is 5.53. The normalized spacial score (nSPS) is 10.8. The number of hydrogen-bond acceptors (Lipinski definition) is 6. The first-order valence-corrected chi connectivity index (χ1v) is 10.9. The molecule has 3 rings (SSSR count). The molecule has 0 aliphatic carbocycles. The Morgan fingerprint density at radius 3 is 2.55 bits per heavy atom. The molecule has 2 aromatic carbocycles. The highest BCUT2D eigenvalue weighted by atomic mass is 32.2. The lowest BCUT2D eigenvalue weighted by molar-refractivity contribution is -0.137. The van der Waals surface area contributed by atoms with E-state index in [1.54, 1.807) is 48.2 Å². The van der Waals surface area contributed by atoms with E-state index in [-0.39, 0.29) is 11.9 Å². The molecule has 0 radical (unpaired) electrons. The fraction of sp³-hybridized carbons (Fsp3) is 0.136. The summed E-state index contributed by atoms with van der Waals surface area (Å²) in [7, 11) is 0. The lowest BCUT2D eigenvalue weighted by atomic mass is 10.1. The molecule has 3 aromatic rings. The second-order valence-electron chi connectivity index (χ2n) is 5.95. The monoisotopic (exact) mass is 424 g/mol. The van der Waals surface area contributed by atoms with Crippen LogP contribution in [0.1, 0.15) is 28.5 Å². The summed E-state index contributed by atoms with van der Waals surface area (Å²) in [4.78, 5) is 29.1. The number of anilines is 1. The van der Waals surface area contributed by atoms with Crippen molar-refractivity contribution in [3.63, 3.8) is 0 Å². The largest absolute Gasteiger partial charge is 0.463 e. The summed E-state index contributed by atoms with van der Waals surface area (Å²) in [6.45, 7) is 2.11. The van der Waals surface area contributed by atoms with E-state index in [4.69, 9.17) is 4.74 Å². The quantitative estimate of drug-likeness (QED) is 0.303. The van der Waals surface area contributed by atoms with Crippen LogP contribution in [0.25, 0.3) is 6.08 Å². The van der Waals surface area contributed by atoms with E-state index < -0.39 is 0 Å². The van der Waals surface area contributed by atoms with Crippen LogP contribution in [0.3, 0.4) is 0 Å². The van der Waals surface area contributed by atoms with Crippen molar-refractivity contribution >= 4 is 46.7 Å². The zero-order valence-electron chi connectivity index (χ0n) is 15.8. The van der Waals surface area contributed by atoms with Crippen LogP contribution < -0.4 is 5.32 Å². The molecule has 0 aliphatic heterocycles. The van der Waals surface area contributed by atoms with Gasteiger partial charge in [0, 0.05) is 33.4 Å². The Hall–Kier alpha value is -2.90. The number of nitrogens with one attached hydrogen (secondary N) is 1. The summed E-state index contributed by atoms with van der Waals surface area (Å²) in [5.41, 5.74) is 5.01. The van der Waals surface area contributed by atoms with E-state index in [9.17, 15) is 9.59 Å². The van der Waals surface area contributed by atoms with Gasteiger partial charge in [-0.05, 0) is 55.0 Å². The van der Waals surface area contributed by atoms with Crippen molar-refractivity contribution in [3.8, 4) is 0 Å². The first-order chi connectivity index (χ1) is 14.1. The third kappa shape index (κ3) is 6.58. The van der Waals surface area contributed by atoms with Crippen molar-refractivity contribution in [2.45, 2.75) is 17.6 Å². The summed E-state index contributed by atoms with van der Waals surface area (Å²) in [6, 6.07) is 14.7. The van der Waals surface area contributed by atoms with Gasteiger partial charge in [-0.2, -0.15) is 0 Å². The van der Waals surface area contributed by atoms with Crippen LogP contribution in [0.5, 0.6) is 0 Å². The third-order valence-electron chi connectivity index (χ3n) is 3.85. The molecular formula is C22H20N2O3S2. The SMILES string of the molecule is CCOC(=O)/C=C/c1ccc(NC(=O)c2ccc(SCc3cscn3)cc2)cc1. The number of thiazole rings is 1. The zero-order valence-corrected chi connectivity index (χ0v) is 17.5. The van der Waals surface area contributed by atoms with E-state index in [0.717, 1.165) is 21.9 Å². The summed E-state index contributed by atoms with van der Waals surface area (Å²) in [5.74, 6) is 0.264. The molecule has 1 aromatic heterocycles. The first-order valence-electron chi connectivity index (χ1n) is 9.00. The van der Waals surface area contributed by atoms with Crippen LogP contribution in [0.2, 0.25) is 0 Å². The Bertz CT molecular complexity index is 966.